The van der Waals surface area contributed by atoms with E-state index < -0.39 is 0 Å². The van der Waals surface area contributed by atoms with Crippen molar-refractivity contribution in [3.8, 4) is 0 Å². The third-order valence-corrected chi connectivity index (χ3v) is 2.17. The Labute approximate surface area is 83.9 Å². The third-order valence-electron chi connectivity index (χ3n) is 2.17. The fourth-order valence-electron chi connectivity index (χ4n) is 1.25. The van der Waals surface area contributed by atoms with Gasteiger partial charge in [-0.15, -0.1) is 0 Å². The van der Waals surface area contributed by atoms with Crippen molar-refractivity contribution in [1.29, 1.82) is 0 Å². The van der Waals surface area contributed by atoms with Gasteiger partial charge in [0.05, 0.1) is 6.42 Å². The molecule has 0 aliphatic carbocycles. The highest BCUT2D eigenvalue weighted by atomic mass is 16.1. The molecule has 0 aromatic heterocycles. The van der Waals surface area contributed by atoms with Crippen molar-refractivity contribution in [2.24, 2.45) is 0 Å². The molecular weight excluding hydrogens is 176 g/mol. The lowest BCUT2D eigenvalue weighted by Gasteiger charge is -2.05. The third kappa shape index (κ3) is 2.52. The molecule has 0 N–H and O–H groups in total. The molecule has 0 saturated heterocycles. The van der Waals surface area contributed by atoms with Gasteiger partial charge >= 0.3 is 0 Å². The molecule has 1 aromatic rings. The van der Waals surface area contributed by atoms with E-state index in [1.807, 2.05) is 12.1 Å². The van der Waals surface area contributed by atoms with Gasteiger partial charge in [0.15, 0.2) is 5.78 Å². The van der Waals surface area contributed by atoms with Crippen LogP contribution in [0.3, 0.4) is 0 Å². The molecule has 0 amide bonds. The molecule has 0 aliphatic heterocycles. The molecule has 2 nitrogen and oxygen atoms in total. The van der Waals surface area contributed by atoms with E-state index in [9.17, 15) is 9.59 Å². The van der Waals surface area contributed by atoms with Gasteiger partial charge in [0, 0.05) is 5.56 Å². The number of carbonyl (C=O) groups excluding carboxylic acids is 2. The maximum Gasteiger partial charge on any atom is 0.169 e. The van der Waals surface area contributed by atoms with Crippen LogP contribution in [0.5, 0.6) is 0 Å². The molecular formula is C12H14O2. The summed E-state index contributed by atoms with van der Waals surface area (Å²) in [4.78, 5) is 21.4. The summed E-state index contributed by atoms with van der Waals surface area (Å²) in [5.74, 6) is 0.348. The van der Waals surface area contributed by atoms with Crippen molar-refractivity contribution < 1.29 is 9.59 Å². The van der Waals surface area contributed by atoms with Gasteiger partial charge in [0.1, 0.15) is 6.29 Å². The van der Waals surface area contributed by atoms with Crippen LogP contribution < -0.4 is 0 Å². The van der Waals surface area contributed by atoms with Crippen molar-refractivity contribution in [1.82, 2.24) is 0 Å². The van der Waals surface area contributed by atoms with Gasteiger partial charge < -0.3 is 4.79 Å². The van der Waals surface area contributed by atoms with Crippen molar-refractivity contribution in [2.45, 2.75) is 26.2 Å². The smallest absolute Gasteiger partial charge is 0.169 e. The van der Waals surface area contributed by atoms with Crippen LogP contribution in [-0.2, 0) is 4.79 Å². The fourth-order valence-corrected chi connectivity index (χ4v) is 1.25. The van der Waals surface area contributed by atoms with E-state index in [1.165, 1.54) is 5.56 Å². The van der Waals surface area contributed by atoms with E-state index >= 15 is 0 Å². The summed E-state index contributed by atoms with van der Waals surface area (Å²) < 4.78 is 0. The van der Waals surface area contributed by atoms with Gasteiger partial charge in [-0.05, 0) is 11.5 Å². The number of carbonyl (C=O) groups is 2. The molecule has 0 bridgehead atoms. The molecule has 74 valence electrons. The number of benzene rings is 1. The minimum Gasteiger partial charge on any atom is -0.303 e. The Balaban J connectivity index is 2.82. The molecule has 0 radical (unpaired) electrons. The van der Waals surface area contributed by atoms with Crippen LogP contribution in [0.25, 0.3) is 0 Å². The van der Waals surface area contributed by atoms with E-state index in [4.69, 9.17) is 0 Å². The Morgan fingerprint density at radius 3 is 2.29 bits per heavy atom. The van der Waals surface area contributed by atoms with Gasteiger partial charge in [0.2, 0.25) is 0 Å². The largest absolute Gasteiger partial charge is 0.303 e. The van der Waals surface area contributed by atoms with Crippen molar-refractivity contribution in [3.63, 3.8) is 0 Å². The normalized spacial score (nSPS) is 10.2. The summed E-state index contributed by atoms with van der Waals surface area (Å²) in [6.45, 7) is 4.20. The number of hydrogen-bond donors (Lipinski definition) is 0. The van der Waals surface area contributed by atoms with Crippen LogP contribution in [0.1, 0.15) is 42.1 Å². The van der Waals surface area contributed by atoms with Gasteiger partial charge in [0.25, 0.3) is 0 Å². The highest BCUT2D eigenvalue weighted by molar-refractivity contribution is 6.02. The van der Waals surface area contributed by atoms with Crippen LogP contribution in [-0.4, -0.2) is 12.1 Å². The molecule has 0 aliphatic rings. The number of ketones is 1. The quantitative estimate of drug-likeness (QED) is 0.415. The summed E-state index contributed by atoms with van der Waals surface area (Å²) in [7, 11) is 0. The molecule has 1 rings (SSSR count). The second-order valence-corrected chi connectivity index (χ2v) is 3.57. The molecule has 1 aromatic carbocycles. The lowest BCUT2D eigenvalue weighted by molar-refractivity contribution is -0.107. The Morgan fingerprint density at radius 1 is 1.29 bits per heavy atom. The first-order chi connectivity index (χ1) is 6.65. The number of rotatable bonds is 4. The lowest BCUT2D eigenvalue weighted by Crippen LogP contribution is -1.99. The average molecular weight is 190 g/mol. The van der Waals surface area contributed by atoms with Crippen LogP contribution in [0.15, 0.2) is 24.3 Å². The topological polar surface area (TPSA) is 34.1 Å². The summed E-state index contributed by atoms with van der Waals surface area (Å²) in [6.07, 6.45) is 0.611. The molecule has 0 spiro atoms. The van der Waals surface area contributed by atoms with E-state index in [0.717, 1.165) is 0 Å². The average Bonchev–Trinajstić information content (AvgIpc) is 2.18. The first-order valence-corrected chi connectivity index (χ1v) is 4.72. The Hall–Kier alpha value is -1.44. The molecule has 0 saturated carbocycles. The van der Waals surface area contributed by atoms with Crippen molar-refractivity contribution in [3.05, 3.63) is 35.4 Å². The summed E-state index contributed by atoms with van der Waals surface area (Å²) in [5.41, 5.74) is 1.81. The van der Waals surface area contributed by atoms with E-state index in [0.29, 0.717) is 17.8 Å². The van der Waals surface area contributed by atoms with E-state index in [-0.39, 0.29) is 12.2 Å². The monoisotopic (exact) mass is 190 g/mol. The highest BCUT2D eigenvalue weighted by Gasteiger charge is 2.05. The van der Waals surface area contributed by atoms with Crippen molar-refractivity contribution in [2.75, 3.05) is 0 Å². The zero-order chi connectivity index (χ0) is 10.6. The summed E-state index contributed by atoms with van der Waals surface area (Å²) >= 11 is 0. The van der Waals surface area contributed by atoms with Crippen LogP contribution in [0.2, 0.25) is 0 Å². The molecule has 0 heterocycles. The fraction of sp³-hybridized carbons (Fsp3) is 0.333. The predicted octanol–water partition coefficient (Wildman–Crippen LogP) is 2.58. The maximum atomic E-state index is 11.3. The van der Waals surface area contributed by atoms with Crippen LogP contribution in [0, 0.1) is 0 Å². The summed E-state index contributed by atoms with van der Waals surface area (Å²) in [5, 5.41) is 0. The number of Topliss-reactive ketones (excluding diaryl/α,β-unsaturated/α-hetero) is 1. The van der Waals surface area contributed by atoms with E-state index in [1.54, 1.807) is 12.1 Å². The zero-order valence-electron chi connectivity index (χ0n) is 8.49. The first kappa shape index (κ1) is 10.6. The van der Waals surface area contributed by atoms with Gasteiger partial charge in [-0.25, -0.2) is 0 Å². The molecule has 0 unspecified atom stereocenters. The zero-order valence-corrected chi connectivity index (χ0v) is 8.49. The molecule has 14 heavy (non-hydrogen) atoms. The second kappa shape index (κ2) is 4.70. The lowest BCUT2D eigenvalue weighted by atomic mass is 10.00. The predicted molar refractivity (Wildman–Crippen MR) is 55.5 cm³/mol. The number of hydrogen-bond acceptors (Lipinski definition) is 2. The van der Waals surface area contributed by atoms with Gasteiger partial charge in [-0.3, -0.25) is 4.79 Å². The Kier molecular flexibility index (Phi) is 3.57. The maximum absolute atomic E-state index is 11.3. The molecule has 2 heteroatoms. The van der Waals surface area contributed by atoms with Crippen LogP contribution >= 0.6 is 0 Å². The molecule has 0 atom stereocenters. The molecule has 0 fully saturated rings. The van der Waals surface area contributed by atoms with Gasteiger partial charge in [-0.1, -0.05) is 38.1 Å². The second-order valence-electron chi connectivity index (χ2n) is 3.57. The number of aldehydes is 1. The first-order valence-electron chi connectivity index (χ1n) is 4.72. The van der Waals surface area contributed by atoms with Crippen LogP contribution in [0.4, 0.5) is 0 Å². The summed E-state index contributed by atoms with van der Waals surface area (Å²) in [6, 6.07) is 7.42. The minimum atomic E-state index is -0.115. The Bertz CT molecular complexity index is 323. The minimum absolute atomic E-state index is 0.0268. The van der Waals surface area contributed by atoms with E-state index in [2.05, 4.69) is 13.8 Å². The highest BCUT2D eigenvalue weighted by Crippen LogP contribution is 2.15. The SMILES string of the molecule is CC(C)c1ccc(C(=O)CC=O)cc1. The Morgan fingerprint density at radius 2 is 1.86 bits per heavy atom. The van der Waals surface area contributed by atoms with Crippen molar-refractivity contribution >= 4 is 12.1 Å². The standard InChI is InChI=1S/C12H14O2/c1-9(2)10-3-5-11(6-4-10)12(14)7-8-13/h3-6,8-9H,7H2,1-2H3. The van der Waals surface area contributed by atoms with Gasteiger partial charge in [-0.2, -0.15) is 0 Å².